The summed E-state index contributed by atoms with van der Waals surface area (Å²) in [6.07, 6.45) is 3.86. The molecular formula is C27H24FNO2S. The molecule has 1 unspecified atom stereocenters. The Hall–Kier alpha value is -3.15. The number of rotatable bonds is 6. The van der Waals surface area contributed by atoms with Gasteiger partial charge in [-0.2, -0.15) is 0 Å². The molecule has 3 aromatic carbocycles. The summed E-state index contributed by atoms with van der Waals surface area (Å²) >= 11 is -1.03. The van der Waals surface area contributed by atoms with Crippen molar-refractivity contribution in [2.75, 3.05) is 6.26 Å². The zero-order valence-corrected chi connectivity index (χ0v) is 18.8. The van der Waals surface area contributed by atoms with Crippen molar-refractivity contribution in [1.29, 1.82) is 0 Å². The first kappa shape index (κ1) is 22.1. The second-order valence-corrected chi connectivity index (χ2v) is 9.19. The highest BCUT2D eigenvalue weighted by atomic mass is 32.2. The molecule has 1 N–H and O–H groups in total. The molecule has 0 bridgehead atoms. The Morgan fingerprint density at radius 3 is 2.44 bits per heavy atom. The van der Waals surface area contributed by atoms with Crippen LogP contribution in [-0.2, 0) is 22.5 Å². The second-order valence-electron chi connectivity index (χ2n) is 7.81. The Morgan fingerprint density at radius 1 is 1.03 bits per heavy atom. The molecule has 0 spiro atoms. The van der Waals surface area contributed by atoms with Crippen molar-refractivity contribution in [3.05, 3.63) is 106 Å². The molecule has 1 aliphatic rings. The average molecular weight is 446 g/mol. The Balaban J connectivity index is 1.61. The van der Waals surface area contributed by atoms with Crippen molar-refractivity contribution in [3.8, 4) is 0 Å². The lowest BCUT2D eigenvalue weighted by molar-refractivity contribution is -0.120. The highest BCUT2D eigenvalue weighted by molar-refractivity contribution is 7.90. The van der Waals surface area contributed by atoms with Gasteiger partial charge in [0.05, 0.1) is 6.42 Å². The third kappa shape index (κ3) is 4.85. The maximum atomic E-state index is 14.1. The van der Waals surface area contributed by atoms with E-state index in [1.807, 2.05) is 67.6 Å². The molecule has 162 valence electrons. The maximum absolute atomic E-state index is 14.1. The molecule has 5 heteroatoms. The molecule has 0 heterocycles. The van der Waals surface area contributed by atoms with Crippen LogP contribution in [0.25, 0.3) is 17.2 Å². The number of hydrogen-bond donors (Lipinski definition) is 1. The molecule has 0 radical (unpaired) electrons. The molecule has 32 heavy (non-hydrogen) atoms. The van der Waals surface area contributed by atoms with Gasteiger partial charge in [0.1, 0.15) is 12.1 Å². The van der Waals surface area contributed by atoms with Crippen LogP contribution in [0.15, 0.2) is 83.3 Å². The van der Waals surface area contributed by atoms with Gasteiger partial charge < -0.3 is 9.87 Å². The summed E-state index contributed by atoms with van der Waals surface area (Å²) in [5.41, 5.74) is 6.43. The Bertz CT molecular complexity index is 1200. The summed E-state index contributed by atoms with van der Waals surface area (Å²) in [6, 6.07) is 22.0. The number of fused-ring (bicyclic) bond motifs is 1. The normalized spacial score (nSPS) is 15.1. The molecule has 1 aliphatic carbocycles. The predicted octanol–water partition coefficient (Wildman–Crippen LogP) is 5.60. The molecule has 0 aromatic heterocycles. The highest BCUT2D eigenvalue weighted by Crippen LogP contribution is 2.43. The number of nitrogens with one attached hydrogen (secondary N) is 1. The number of benzene rings is 3. The van der Waals surface area contributed by atoms with E-state index in [9.17, 15) is 13.7 Å². The van der Waals surface area contributed by atoms with E-state index in [2.05, 4.69) is 5.32 Å². The third-order valence-electron chi connectivity index (χ3n) is 5.65. The van der Waals surface area contributed by atoms with Crippen LogP contribution < -0.4 is 5.32 Å². The van der Waals surface area contributed by atoms with Crippen molar-refractivity contribution in [2.45, 2.75) is 24.8 Å². The first-order chi connectivity index (χ1) is 15.4. The van der Waals surface area contributed by atoms with Crippen molar-refractivity contribution in [2.24, 2.45) is 0 Å². The van der Waals surface area contributed by atoms with Gasteiger partial charge in [0.25, 0.3) is 0 Å². The van der Waals surface area contributed by atoms with E-state index in [-0.39, 0.29) is 18.1 Å². The van der Waals surface area contributed by atoms with E-state index in [0.29, 0.717) is 6.54 Å². The van der Waals surface area contributed by atoms with E-state index in [1.165, 1.54) is 12.1 Å². The van der Waals surface area contributed by atoms with Gasteiger partial charge in [-0.1, -0.05) is 36.4 Å². The van der Waals surface area contributed by atoms with E-state index < -0.39 is 11.2 Å². The van der Waals surface area contributed by atoms with E-state index in [1.54, 1.807) is 12.3 Å². The lowest BCUT2D eigenvalue weighted by atomic mass is 10.0. The predicted molar refractivity (Wildman–Crippen MR) is 129 cm³/mol. The van der Waals surface area contributed by atoms with Crippen LogP contribution in [0.5, 0.6) is 0 Å². The minimum Gasteiger partial charge on any atom is -0.612 e. The van der Waals surface area contributed by atoms with Crippen molar-refractivity contribution in [1.82, 2.24) is 5.32 Å². The van der Waals surface area contributed by atoms with Crippen molar-refractivity contribution < 1.29 is 13.7 Å². The molecule has 3 aromatic rings. The van der Waals surface area contributed by atoms with Crippen LogP contribution in [0.1, 0.15) is 35.6 Å². The molecule has 0 saturated heterocycles. The number of halogens is 1. The smallest absolute Gasteiger partial charge is 0.224 e. The molecule has 0 saturated carbocycles. The fraction of sp³-hybridized carbons (Fsp3) is 0.148. The minimum atomic E-state index is -1.03. The summed E-state index contributed by atoms with van der Waals surface area (Å²) in [7, 11) is 0. The third-order valence-corrected chi connectivity index (χ3v) is 6.58. The summed E-state index contributed by atoms with van der Waals surface area (Å²) in [5, 5.41) is 2.96. The first-order valence-corrected chi connectivity index (χ1v) is 11.9. The van der Waals surface area contributed by atoms with Crippen LogP contribution in [-0.4, -0.2) is 16.7 Å². The highest BCUT2D eigenvalue weighted by Gasteiger charge is 2.25. The zero-order chi connectivity index (χ0) is 22.7. The van der Waals surface area contributed by atoms with E-state index in [0.717, 1.165) is 43.9 Å². The molecule has 0 aliphatic heterocycles. The van der Waals surface area contributed by atoms with Gasteiger partial charge in [0.15, 0.2) is 4.90 Å². The van der Waals surface area contributed by atoms with Gasteiger partial charge in [0, 0.05) is 6.54 Å². The average Bonchev–Trinajstić information content (AvgIpc) is 3.04. The van der Waals surface area contributed by atoms with Crippen LogP contribution in [0.2, 0.25) is 0 Å². The van der Waals surface area contributed by atoms with E-state index >= 15 is 0 Å². The van der Waals surface area contributed by atoms with Crippen LogP contribution in [0, 0.1) is 5.82 Å². The largest absolute Gasteiger partial charge is 0.612 e. The number of allylic oxidation sites excluding steroid dienone is 2. The van der Waals surface area contributed by atoms with Gasteiger partial charge in [-0.25, -0.2) is 4.39 Å². The zero-order valence-electron chi connectivity index (χ0n) is 18.0. The van der Waals surface area contributed by atoms with E-state index in [4.69, 9.17) is 0 Å². The summed E-state index contributed by atoms with van der Waals surface area (Å²) < 4.78 is 25.7. The molecule has 1 atom stereocenters. The maximum Gasteiger partial charge on any atom is 0.224 e. The SMILES string of the molecule is CC1=C(CC(=O)NCc2ccccc2)c2cc(F)ccc2C1=Cc1ccc([S+](C)[O-])cc1. The molecule has 4 rings (SSSR count). The van der Waals surface area contributed by atoms with Gasteiger partial charge in [0.2, 0.25) is 5.91 Å². The lowest BCUT2D eigenvalue weighted by Gasteiger charge is -2.08. The lowest BCUT2D eigenvalue weighted by Crippen LogP contribution is -2.22. The molecule has 1 amide bonds. The quantitative estimate of drug-likeness (QED) is 0.502. The number of amides is 1. The first-order valence-electron chi connectivity index (χ1n) is 10.4. The standard InChI is InChI=1S/C27H24FNO2S/c1-18-24(14-19-8-11-22(12-9-19)32(2)31)23-13-10-21(28)15-26(23)25(18)16-27(30)29-17-20-6-4-3-5-7-20/h3-15H,16-17H2,1-2H3,(H,29,30). The molecule has 3 nitrogen and oxygen atoms in total. The molecule has 0 fully saturated rings. The number of carbonyl (C=O) groups excluding carboxylic acids is 1. The van der Waals surface area contributed by atoms with Crippen molar-refractivity contribution in [3.63, 3.8) is 0 Å². The van der Waals surface area contributed by atoms with Gasteiger partial charge in [-0.05, 0) is 99.5 Å². The van der Waals surface area contributed by atoms with Gasteiger partial charge >= 0.3 is 0 Å². The van der Waals surface area contributed by atoms with Crippen LogP contribution >= 0.6 is 0 Å². The Kier molecular flexibility index (Phi) is 6.58. The van der Waals surface area contributed by atoms with Crippen LogP contribution in [0.3, 0.4) is 0 Å². The van der Waals surface area contributed by atoms with Gasteiger partial charge in [-0.15, -0.1) is 0 Å². The fourth-order valence-electron chi connectivity index (χ4n) is 3.92. The second kappa shape index (κ2) is 9.55. The van der Waals surface area contributed by atoms with Crippen LogP contribution in [0.4, 0.5) is 4.39 Å². The van der Waals surface area contributed by atoms with Gasteiger partial charge in [-0.3, -0.25) is 4.79 Å². The topological polar surface area (TPSA) is 52.2 Å². The number of carbonyl (C=O) groups is 1. The molecular weight excluding hydrogens is 421 g/mol. The Labute approximate surface area is 190 Å². The minimum absolute atomic E-state index is 0.102. The number of hydrogen-bond acceptors (Lipinski definition) is 2. The van der Waals surface area contributed by atoms with Crippen molar-refractivity contribution >= 4 is 34.3 Å². The summed E-state index contributed by atoms with van der Waals surface area (Å²) in [4.78, 5) is 13.5. The summed E-state index contributed by atoms with van der Waals surface area (Å²) in [6.45, 7) is 2.43. The monoisotopic (exact) mass is 445 g/mol. The Morgan fingerprint density at radius 2 is 1.75 bits per heavy atom. The summed E-state index contributed by atoms with van der Waals surface area (Å²) in [5.74, 6) is -0.427. The fourth-order valence-corrected chi connectivity index (χ4v) is 4.44.